The predicted molar refractivity (Wildman–Crippen MR) is 96.7 cm³/mol. The van der Waals surface area contributed by atoms with Crippen LogP contribution < -0.4 is 10.1 Å². The van der Waals surface area contributed by atoms with E-state index in [1.807, 2.05) is 0 Å². The Kier molecular flexibility index (Phi) is 5.54. The number of nitro benzene ring substituents is 1. The van der Waals surface area contributed by atoms with E-state index in [1.165, 1.54) is 29.7 Å². The molecular formula is C16H18N4O6S. The topological polar surface area (TPSA) is 124 Å². The molecule has 10 nitrogen and oxygen atoms in total. The Balaban J connectivity index is 1.91. The Labute approximate surface area is 155 Å². The number of ether oxygens (including phenoxy) is 2. The van der Waals surface area contributed by atoms with Crippen molar-refractivity contribution in [3.63, 3.8) is 0 Å². The summed E-state index contributed by atoms with van der Waals surface area (Å²) in [6.45, 7) is 1.03. The van der Waals surface area contributed by atoms with E-state index in [1.54, 1.807) is 12.1 Å². The van der Waals surface area contributed by atoms with Crippen LogP contribution in [-0.4, -0.2) is 56.0 Å². The number of methoxy groups -OCH3 is 1. The van der Waals surface area contributed by atoms with Gasteiger partial charge in [0, 0.05) is 25.2 Å². The summed E-state index contributed by atoms with van der Waals surface area (Å²) in [5.74, 6) is 0.405. The molecule has 2 heterocycles. The lowest BCUT2D eigenvalue weighted by molar-refractivity contribution is -0.384. The minimum absolute atomic E-state index is 0.130. The van der Waals surface area contributed by atoms with Crippen LogP contribution in [0.25, 0.3) is 0 Å². The number of nitrogens with one attached hydrogen (secondary N) is 1. The lowest BCUT2D eigenvalue weighted by Gasteiger charge is -2.26. The van der Waals surface area contributed by atoms with Crippen LogP contribution in [0.4, 0.5) is 17.1 Å². The Hall–Kier alpha value is -2.76. The van der Waals surface area contributed by atoms with Crippen molar-refractivity contribution in [1.82, 2.24) is 9.29 Å². The van der Waals surface area contributed by atoms with E-state index in [0.29, 0.717) is 24.8 Å². The van der Waals surface area contributed by atoms with Crippen molar-refractivity contribution in [2.45, 2.75) is 4.90 Å². The highest BCUT2D eigenvalue weighted by atomic mass is 32.2. The zero-order valence-corrected chi connectivity index (χ0v) is 15.3. The average molecular weight is 394 g/mol. The van der Waals surface area contributed by atoms with Crippen molar-refractivity contribution in [3.05, 3.63) is 46.6 Å². The van der Waals surface area contributed by atoms with E-state index >= 15 is 0 Å². The third-order valence-electron chi connectivity index (χ3n) is 4.00. The molecule has 0 saturated carbocycles. The zero-order valence-electron chi connectivity index (χ0n) is 14.5. The van der Waals surface area contributed by atoms with Crippen LogP contribution in [-0.2, 0) is 14.8 Å². The van der Waals surface area contributed by atoms with Crippen LogP contribution in [0.1, 0.15) is 0 Å². The maximum atomic E-state index is 12.7. The first-order valence-corrected chi connectivity index (χ1v) is 9.49. The highest BCUT2D eigenvalue weighted by Gasteiger charge is 2.28. The Morgan fingerprint density at radius 1 is 1.26 bits per heavy atom. The van der Waals surface area contributed by atoms with Crippen LogP contribution in [0.2, 0.25) is 0 Å². The minimum Gasteiger partial charge on any atom is -0.481 e. The first-order valence-electron chi connectivity index (χ1n) is 8.05. The molecule has 144 valence electrons. The van der Waals surface area contributed by atoms with Crippen molar-refractivity contribution in [1.29, 1.82) is 0 Å². The van der Waals surface area contributed by atoms with Gasteiger partial charge in [0.15, 0.2) is 0 Å². The van der Waals surface area contributed by atoms with Gasteiger partial charge in [0.05, 0.1) is 42.0 Å². The minimum atomic E-state index is -3.82. The van der Waals surface area contributed by atoms with Gasteiger partial charge < -0.3 is 14.8 Å². The highest BCUT2D eigenvalue weighted by Crippen LogP contribution is 2.31. The van der Waals surface area contributed by atoms with E-state index in [2.05, 4.69) is 10.3 Å². The van der Waals surface area contributed by atoms with E-state index in [4.69, 9.17) is 9.47 Å². The van der Waals surface area contributed by atoms with E-state index in [-0.39, 0.29) is 29.4 Å². The number of hydrogen-bond donors (Lipinski definition) is 1. The van der Waals surface area contributed by atoms with Gasteiger partial charge in [-0.2, -0.15) is 4.31 Å². The largest absolute Gasteiger partial charge is 0.481 e. The van der Waals surface area contributed by atoms with Gasteiger partial charge in [-0.25, -0.2) is 13.4 Å². The molecule has 0 aliphatic carbocycles. The highest BCUT2D eigenvalue weighted by molar-refractivity contribution is 7.89. The number of sulfonamides is 1. The number of benzene rings is 1. The maximum Gasteiger partial charge on any atom is 0.294 e. The summed E-state index contributed by atoms with van der Waals surface area (Å²) < 4.78 is 36.8. The number of aromatic nitrogens is 1. The molecule has 1 aromatic heterocycles. The fourth-order valence-corrected chi connectivity index (χ4v) is 4.02. The average Bonchev–Trinajstić information content (AvgIpc) is 2.69. The molecule has 1 aliphatic heterocycles. The van der Waals surface area contributed by atoms with Crippen molar-refractivity contribution in [2.24, 2.45) is 0 Å². The van der Waals surface area contributed by atoms with Gasteiger partial charge in [-0.05, 0) is 18.2 Å². The summed E-state index contributed by atoms with van der Waals surface area (Å²) in [5.41, 5.74) is 0.315. The van der Waals surface area contributed by atoms with Gasteiger partial charge in [0.1, 0.15) is 5.69 Å². The molecule has 0 unspecified atom stereocenters. The SMILES string of the molecule is COc1ccc(Nc2ccc(S(=O)(=O)N3CCOCC3)cc2[N+](=O)[O-])cn1. The number of hydrogen-bond acceptors (Lipinski definition) is 8. The number of nitrogens with zero attached hydrogens (tertiary/aromatic N) is 3. The van der Waals surface area contributed by atoms with Crippen molar-refractivity contribution < 1.29 is 22.8 Å². The number of rotatable bonds is 6. The lowest BCUT2D eigenvalue weighted by Crippen LogP contribution is -2.40. The number of pyridine rings is 1. The molecule has 0 atom stereocenters. The first kappa shape index (κ1) is 19.0. The molecular weight excluding hydrogens is 376 g/mol. The normalized spacial score (nSPS) is 15.3. The summed E-state index contributed by atoms with van der Waals surface area (Å²) in [5, 5.41) is 14.3. The van der Waals surface area contributed by atoms with E-state index in [9.17, 15) is 18.5 Å². The molecule has 3 rings (SSSR count). The summed E-state index contributed by atoms with van der Waals surface area (Å²) in [6.07, 6.45) is 1.46. The van der Waals surface area contributed by atoms with Gasteiger partial charge >= 0.3 is 0 Å². The van der Waals surface area contributed by atoms with E-state index < -0.39 is 14.9 Å². The molecule has 0 amide bonds. The molecule has 1 saturated heterocycles. The third kappa shape index (κ3) is 4.15. The van der Waals surface area contributed by atoms with Crippen molar-refractivity contribution in [3.8, 4) is 5.88 Å². The lowest BCUT2D eigenvalue weighted by atomic mass is 10.2. The Bertz CT molecular complexity index is 926. The molecule has 1 aliphatic rings. The number of nitro groups is 1. The standard InChI is InChI=1S/C16H18N4O6S/c1-25-16-5-2-12(11-17-16)18-14-4-3-13(10-15(14)20(21)22)27(23,24)19-6-8-26-9-7-19/h2-5,10-11,18H,6-9H2,1H3. The van der Waals surface area contributed by atoms with Crippen LogP contribution in [0, 0.1) is 10.1 Å². The number of morpholine rings is 1. The molecule has 1 fully saturated rings. The zero-order chi connectivity index (χ0) is 19.4. The molecule has 27 heavy (non-hydrogen) atoms. The molecule has 11 heteroatoms. The summed E-state index contributed by atoms with van der Waals surface area (Å²) in [6, 6.07) is 7.02. The second-order valence-corrected chi connectivity index (χ2v) is 7.60. The summed E-state index contributed by atoms with van der Waals surface area (Å²) in [4.78, 5) is 14.7. The number of anilines is 2. The second kappa shape index (κ2) is 7.86. The maximum absolute atomic E-state index is 12.7. The molecule has 1 N–H and O–H groups in total. The predicted octanol–water partition coefficient (Wildman–Crippen LogP) is 1.76. The van der Waals surface area contributed by atoms with Crippen LogP contribution in [0.15, 0.2) is 41.4 Å². The smallest absolute Gasteiger partial charge is 0.294 e. The van der Waals surface area contributed by atoms with E-state index in [0.717, 1.165) is 6.07 Å². The fraction of sp³-hybridized carbons (Fsp3) is 0.312. The van der Waals surface area contributed by atoms with Gasteiger partial charge in [-0.15, -0.1) is 0 Å². The van der Waals surface area contributed by atoms with Crippen LogP contribution in [0.3, 0.4) is 0 Å². The fourth-order valence-electron chi connectivity index (χ4n) is 2.60. The molecule has 2 aromatic rings. The molecule has 0 radical (unpaired) electrons. The molecule has 0 bridgehead atoms. The quantitative estimate of drug-likeness (QED) is 0.581. The Morgan fingerprint density at radius 3 is 2.59 bits per heavy atom. The van der Waals surface area contributed by atoms with Gasteiger partial charge in [-0.3, -0.25) is 10.1 Å². The van der Waals surface area contributed by atoms with Crippen molar-refractivity contribution in [2.75, 3.05) is 38.7 Å². The third-order valence-corrected chi connectivity index (χ3v) is 5.89. The Morgan fingerprint density at radius 2 is 2.00 bits per heavy atom. The molecule has 1 aromatic carbocycles. The molecule has 0 spiro atoms. The first-order chi connectivity index (χ1) is 12.9. The van der Waals surface area contributed by atoms with Crippen LogP contribution in [0.5, 0.6) is 5.88 Å². The van der Waals surface area contributed by atoms with Crippen molar-refractivity contribution >= 4 is 27.1 Å². The monoisotopic (exact) mass is 394 g/mol. The van der Waals surface area contributed by atoms with Gasteiger partial charge in [0.25, 0.3) is 5.69 Å². The summed E-state index contributed by atoms with van der Waals surface area (Å²) >= 11 is 0. The van der Waals surface area contributed by atoms with Gasteiger partial charge in [-0.1, -0.05) is 0 Å². The van der Waals surface area contributed by atoms with Crippen LogP contribution >= 0.6 is 0 Å². The second-order valence-electron chi connectivity index (χ2n) is 5.67. The van der Waals surface area contributed by atoms with Gasteiger partial charge in [0.2, 0.25) is 15.9 Å². The summed E-state index contributed by atoms with van der Waals surface area (Å²) in [7, 11) is -2.34.